The van der Waals surface area contributed by atoms with Crippen molar-refractivity contribution >= 4 is 55.1 Å². The molecule has 0 radical (unpaired) electrons. The third kappa shape index (κ3) is 3.11. The molecule has 0 saturated carbocycles. The molecule has 8 aromatic rings. The summed E-state index contributed by atoms with van der Waals surface area (Å²) >= 11 is 1.88. The molecule has 186 valence electrons. The average Bonchev–Trinajstić information content (AvgIpc) is 3.36. The SMILES string of the molecule is c1ccc(-n2c3ccc(-c4ccc5c(c4)-c4cccc6cccc(c46)S5)cc3c3ccc4ccccc4c32)cc1. The van der Waals surface area contributed by atoms with Crippen molar-refractivity contribution < 1.29 is 0 Å². The highest BCUT2D eigenvalue weighted by molar-refractivity contribution is 7.99. The zero-order valence-corrected chi connectivity index (χ0v) is 22.5. The molecule has 0 saturated heterocycles. The summed E-state index contributed by atoms with van der Waals surface area (Å²) in [7, 11) is 0. The van der Waals surface area contributed by atoms with Crippen molar-refractivity contribution in [3.8, 4) is 27.9 Å². The standard InChI is InChI=1S/C38H23NS/c1-2-11-28(12-3-1)39-34-20-17-26(22-32(34)31-19-16-24-8-4-5-13-29(24)38(31)39)27-18-21-35-33(23-27)30-14-6-9-25-10-7-15-36(40-35)37(25)30/h1-23H. The van der Waals surface area contributed by atoms with Crippen molar-refractivity contribution in [3.05, 3.63) is 140 Å². The monoisotopic (exact) mass is 525 g/mol. The van der Waals surface area contributed by atoms with Gasteiger partial charge in [0, 0.05) is 37.0 Å². The number of aromatic nitrogens is 1. The van der Waals surface area contributed by atoms with Gasteiger partial charge in [0.15, 0.2) is 0 Å². The Bertz CT molecular complexity index is 2290. The van der Waals surface area contributed by atoms with Crippen molar-refractivity contribution in [3.63, 3.8) is 0 Å². The molecule has 1 aliphatic rings. The van der Waals surface area contributed by atoms with Gasteiger partial charge in [-0.25, -0.2) is 0 Å². The van der Waals surface area contributed by atoms with Crippen LogP contribution in [0.2, 0.25) is 0 Å². The van der Waals surface area contributed by atoms with E-state index in [4.69, 9.17) is 0 Å². The third-order valence-electron chi connectivity index (χ3n) is 8.36. The van der Waals surface area contributed by atoms with E-state index in [2.05, 4.69) is 144 Å². The molecule has 0 aliphatic carbocycles. The topological polar surface area (TPSA) is 4.93 Å². The third-order valence-corrected chi connectivity index (χ3v) is 9.49. The predicted octanol–water partition coefficient (Wildman–Crippen LogP) is 10.9. The summed E-state index contributed by atoms with van der Waals surface area (Å²) in [6.07, 6.45) is 0. The van der Waals surface area contributed by atoms with E-state index < -0.39 is 0 Å². The highest BCUT2D eigenvalue weighted by atomic mass is 32.2. The van der Waals surface area contributed by atoms with Crippen LogP contribution in [0.5, 0.6) is 0 Å². The van der Waals surface area contributed by atoms with Crippen LogP contribution in [-0.4, -0.2) is 4.57 Å². The zero-order valence-electron chi connectivity index (χ0n) is 21.6. The second kappa shape index (κ2) is 8.35. The summed E-state index contributed by atoms with van der Waals surface area (Å²) in [5.74, 6) is 0. The number of nitrogens with zero attached hydrogens (tertiary/aromatic N) is 1. The van der Waals surface area contributed by atoms with E-state index in [1.165, 1.54) is 81.1 Å². The molecule has 0 atom stereocenters. The highest BCUT2D eigenvalue weighted by Gasteiger charge is 2.20. The molecular formula is C38H23NS. The minimum absolute atomic E-state index is 1.18. The molecule has 2 heteroatoms. The first-order valence-electron chi connectivity index (χ1n) is 13.7. The van der Waals surface area contributed by atoms with Gasteiger partial charge in [0.1, 0.15) is 0 Å². The van der Waals surface area contributed by atoms with Crippen LogP contribution >= 0.6 is 11.8 Å². The number of para-hydroxylation sites is 1. The summed E-state index contributed by atoms with van der Waals surface area (Å²) in [5.41, 5.74) is 8.83. The van der Waals surface area contributed by atoms with Gasteiger partial charge in [-0.05, 0) is 75.5 Å². The quantitative estimate of drug-likeness (QED) is 0.217. The maximum atomic E-state index is 2.43. The second-order valence-electron chi connectivity index (χ2n) is 10.6. The van der Waals surface area contributed by atoms with Gasteiger partial charge in [0.2, 0.25) is 0 Å². The van der Waals surface area contributed by atoms with E-state index in [0.717, 1.165) is 0 Å². The maximum Gasteiger partial charge on any atom is 0.0619 e. The molecule has 0 amide bonds. The lowest BCUT2D eigenvalue weighted by Gasteiger charge is -2.21. The molecule has 0 bridgehead atoms. The molecular weight excluding hydrogens is 502 g/mol. The van der Waals surface area contributed by atoms with Crippen LogP contribution in [0.1, 0.15) is 0 Å². The van der Waals surface area contributed by atoms with Crippen LogP contribution < -0.4 is 0 Å². The smallest absolute Gasteiger partial charge is 0.0619 e. The Morgan fingerprint density at radius 2 is 1.23 bits per heavy atom. The number of hydrogen-bond acceptors (Lipinski definition) is 1. The largest absolute Gasteiger partial charge is 0.309 e. The molecule has 0 unspecified atom stereocenters. The molecule has 1 aromatic heterocycles. The Labute approximate surface area is 236 Å². The van der Waals surface area contributed by atoms with Gasteiger partial charge in [0.05, 0.1) is 11.0 Å². The van der Waals surface area contributed by atoms with E-state index in [9.17, 15) is 0 Å². The van der Waals surface area contributed by atoms with Crippen LogP contribution in [0.4, 0.5) is 0 Å². The summed E-state index contributed by atoms with van der Waals surface area (Å²) in [6.45, 7) is 0. The zero-order chi connectivity index (χ0) is 26.2. The van der Waals surface area contributed by atoms with Crippen LogP contribution in [0.15, 0.2) is 149 Å². The fraction of sp³-hybridized carbons (Fsp3) is 0. The maximum absolute atomic E-state index is 2.43. The lowest BCUT2D eigenvalue weighted by Crippen LogP contribution is -1.94. The van der Waals surface area contributed by atoms with Gasteiger partial charge in [-0.2, -0.15) is 0 Å². The first kappa shape index (κ1) is 22.1. The Balaban J connectivity index is 1.30. The first-order valence-corrected chi connectivity index (χ1v) is 14.5. The summed E-state index contributed by atoms with van der Waals surface area (Å²) < 4.78 is 2.43. The van der Waals surface area contributed by atoms with Crippen molar-refractivity contribution in [1.82, 2.24) is 4.57 Å². The molecule has 2 heterocycles. The van der Waals surface area contributed by atoms with Gasteiger partial charge in [-0.3, -0.25) is 0 Å². The Morgan fingerprint density at radius 3 is 2.15 bits per heavy atom. The summed E-state index contributed by atoms with van der Waals surface area (Å²) in [4.78, 5) is 2.67. The first-order chi connectivity index (χ1) is 19.8. The lowest BCUT2D eigenvalue weighted by atomic mass is 9.94. The van der Waals surface area contributed by atoms with E-state index >= 15 is 0 Å². The predicted molar refractivity (Wildman–Crippen MR) is 171 cm³/mol. The molecule has 40 heavy (non-hydrogen) atoms. The summed E-state index contributed by atoms with van der Waals surface area (Å²) in [6, 6.07) is 51.3. The number of benzene rings is 7. The van der Waals surface area contributed by atoms with Crippen molar-refractivity contribution in [2.45, 2.75) is 9.79 Å². The van der Waals surface area contributed by atoms with Crippen molar-refractivity contribution in [2.75, 3.05) is 0 Å². The molecule has 7 aromatic carbocycles. The van der Waals surface area contributed by atoms with Crippen LogP contribution in [0.3, 0.4) is 0 Å². The lowest BCUT2D eigenvalue weighted by molar-refractivity contribution is 1.19. The second-order valence-corrected chi connectivity index (χ2v) is 11.6. The number of fused-ring (bicyclic) bond motifs is 7. The minimum atomic E-state index is 1.18. The highest BCUT2D eigenvalue weighted by Crippen LogP contribution is 2.49. The van der Waals surface area contributed by atoms with E-state index in [1.54, 1.807) is 0 Å². The number of rotatable bonds is 2. The Kier molecular flexibility index (Phi) is 4.61. The van der Waals surface area contributed by atoms with E-state index in [0.29, 0.717) is 0 Å². The molecule has 9 rings (SSSR count). The van der Waals surface area contributed by atoms with Gasteiger partial charge in [0.25, 0.3) is 0 Å². The molecule has 1 aliphatic heterocycles. The Hall–Kier alpha value is -4.79. The van der Waals surface area contributed by atoms with Gasteiger partial charge in [-0.15, -0.1) is 0 Å². The van der Waals surface area contributed by atoms with Crippen LogP contribution in [0, 0.1) is 0 Å². The molecule has 0 spiro atoms. The number of hydrogen-bond donors (Lipinski definition) is 0. The fourth-order valence-electron chi connectivity index (χ4n) is 6.55. The van der Waals surface area contributed by atoms with Gasteiger partial charge >= 0.3 is 0 Å². The molecule has 0 fully saturated rings. The van der Waals surface area contributed by atoms with Crippen LogP contribution in [0.25, 0.3) is 71.3 Å². The molecule has 1 nitrogen and oxygen atoms in total. The van der Waals surface area contributed by atoms with Gasteiger partial charge in [-0.1, -0.05) is 109 Å². The fourth-order valence-corrected chi connectivity index (χ4v) is 7.68. The van der Waals surface area contributed by atoms with Gasteiger partial charge < -0.3 is 4.57 Å². The summed E-state index contributed by atoms with van der Waals surface area (Å²) in [5, 5.41) is 7.78. The van der Waals surface area contributed by atoms with Crippen molar-refractivity contribution in [2.24, 2.45) is 0 Å². The normalized spacial score (nSPS) is 12.4. The Morgan fingerprint density at radius 1 is 0.450 bits per heavy atom. The van der Waals surface area contributed by atoms with Crippen molar-refractivity contribution in [1.29, 1.82) is 0 Å². The minimum Gasteiger partial charge on any atom is -0.309 e. The van der Waals surface area contributed by atoms with Crippen LogP contribution in [-0.2, 0) is 0 Å². The average molecular weight is 526 g/mol. The molecule has 0 N–H and O–H groups in total. The van der Waals surface area contributed by atoms with E-state index in [1.807, 2.05) is 11.8 Å². The van der Waals surface area contributed by atoms with E-state index in [-0.39, 0.29) is 0 Å².